The first-order chi connectivity index (χ1) is 9.68. The average molecular weight is 330 g/mol. The summed E-state index contributed by atoms with van der Waals surface area (Å²) in [6, 6.07) is 6.85. The number of halogens is 2. The van der Waals surface area contributed by atoms with Crippen LogP contribution in [0.4, 0.5) is 21.5 Å². The maximum atomic E-state index is 13.8. The summed E-state index contributed by atoms with van der Waals surface area (Å²) >= 11 is 5.68. The van der Waals surface area contributed by atoms with Crippen LogP contribution in [0.1, 0.15) is 5.56 Å². The molecule has 5 N–H and O–H groups in total. The monoisotopic (exact) mass is 329 g/mol. The van der Waals surface area contributed by atoms with Crippen LogP contribution in [0.25, 0.3) is 0 Å². The summed E-state index contributed by atoms with van der Waals surface area (Å²) in [4.78, 5) is -0.112. The number of nitrogens with two attached hydrogens (primary N) is 2. The molecule has 2 aromatic carbocycles. The minimum absolute atomic E-state index is 0.112. The van der Waals surface area contributed by atoms with Gasteiger partial charge in [-0.2, -0.15) is 0 Å². The number of nitrogens with one attached hydrogen (secondary N) is 1. The minimum atomic E-state index is -3.92. The molecule has 0 saturated heterocycles. The lowest BCUT2D eigenvalue weighted by Gasteiger charge is -2.14. The zero-order chi connectivity index (χ0) is 15.8. The van der Waals surface area contributed by atoms with Crippen molar-refractivity contribution in [3.63, 3.8) is 0 Å². The first kappa shape index (κ1) is 15.6. The number of sulfonamides is 1. The Morgan fingerprint density at radius 1 is 1.19 bits per heavy atom. The van der Waals surface area contributed by atoms with Gasteiger partial charge in [0.1, 0.15) is 5.82 Å². The van der Waals surface area contributed by atoms with Crippen LogP contribution in [-0.2, 0) is 10.0 Å². The molecule has 2 rings (SSSR count). The fraction of sp³-hybridized carbons (Fsp3) is 0.0769. The van der Waals surface area contributed by atoms with E-state index in [1.54, 1.807) is 6.92 Å². The number of nitrogen functional groups attached to an aromatic ring is 1. The fourth-order valence-electron chi connectivity index (χ4n) is 1.87. The Labute approximate surface area is 126 Å². The molecule has 0 spiro atoms. The highest BCUT2D eigenvalue weighted by Gasteiger charge is 2.16. The van der Waals surface area contributed by atoms with Crippen LogP contribution in [0.15, 0.2) is 35.2 Å². The van der Waals surface area contributed by atoms with Gasteiger partial charge in [-0.25, -0.2) is 17.9 Å². The molecule has 5 nitrogen and oxygen atoms in total. The van der Waals surface area contributed by atoms with Crippen LogP contribution < -0.4 is 16.2 Å². The molecule has 8 heteroatoms. The summed E-state index contributed by atoms with van der Waals surface area (Å²) in [6.45, 7) is 1.55. The lowest BCUT2D eigenvalue weighted by atomic mass is 10.1. The Morgan fingerprint density at radius 2 is 1.86 bits per heavy atom. The second-order valence-electron chi connectivity index (χ2n) is 4.49. The number of primary sulfonamides is 1. The van der Waals surface area contributed by atoms with Crippen molar-refractivity contribution in [1.29, 1.82) is 0 Å². The second kappa shape index (κ2) is 5.51. The molecule has 2 aromatic rings. The zero-order valence-corrected chi connectivity index (χ0v) is 12.6. The van der Waals surface area contributed by atoms with E-state index in [1.165, 1.54) is 24.3 Å². The average Bonchev–Trinajstić information content (AvgIpc) is 2.35. The van der Waals surface area contributed by atoms with Gasteiger partial charge < -0.3 is 11.1 Å². The fourth-order valence-corrected chi connectivity index (χ4v) is 2.87. The third-order valence-electron chi connectivity index (χ3n) is 2.89. The van der Waals surface area contributed by atoms with Gasteiger partial charge in [0.25, 0.3) is 0 Å². The van der Waals surface area contributed by atoms with Crippen molar-refractivity contribution < 1.29 is 12.8 Å². The van der Waals surface area contributed by atoms with Crippen LogP contribution in [0.2, 0.25) is 5.02 Å². The Kier molecular flexibility index (Phi) is 4.08. The molecular weight excluding hydrogens is 317 g/mol. The SMILES string of the molecule is Cc1c(Nc2ccc(Cl)cc2F)cc(N)cc1S(N)(=O)=O. The highest BCUT2D eigenvalue weighted by atomic mass is 35.5. The normalized spacial score (nSPS) is 11.4. The second-order valence-corrected chi connectivity index (χ2v) is 6.45. The Balaban J connectivity index is 2.52. The lowest BCUT2D eigenvalue weighted by molar-refractivity contribution is 0.597. The summed E-state index contributed by atoms with van der Waals surface area (Å²) in [5.41, 5.74) is 6.70. The predicted octanol–water partition coefficient (Wildman–Crippen LogP) is 2.76. The molecule has 0 aliphatic heterocycles. The summed E-state index contributed by atoms with van der Waals surface area (Å²) in [5, 5.41) is 8.18. The number of rotatable bonds is 3. The highest BCUT2D eigenvalue weighted by Crippen LogP contribution is 2.30. The van der Waals surface area contributed by atoms with Crippen molar-refractivity contribution in [3.05, 3.63) is 46.7 Å². The van der Waals surface area contributed by atoms with Gasteiger partial charge in [0.15, 0.2) is 0 Å². The van der Waals surface area contributed by atoms with Crippen LogP contribution >= 0.6 is 11.6 Å². The molecule has 0 heterocycles. The van der Waals surface area contributed by atoms with Crippen molar-refractivity contribution >= 4 is 38.7 Å². The molecule has 0 bridgehead atoms. The number of benzene rings is 2. The molecule has 0 aliphatic carbocycles. The van der Waals surface area contributed by atoms with Crippen LogP contribution in [-0.4, -0.2) is 8.42 Å². The molecule has 0 atom stereocenters. The van der Waals surface area contributed by atoms with Crippen molar-refractivity contribution in [2.75, 3.05) is 11.1 Å². The van der Waals surface area contributed by atoms with E-state index in [0.29, 0.717) is 11.3 Å². The molecule has 0 fully saturated rings. The van der Waals surface area contributed by atoms with Crippen LogP contribution in [0, 0.1) is 12.7 Å². The molecule has 0 saturated carbocycles. The molecule has 0 unspecified atom stereocenters. The van der Waals surface area contributed by atoms with Gasteiger partial charge in [-0.15, -0.1) is 0 Å². The summed E-state index contributed by atoms with van der Waals surface area (Å²) in [5.74, 6) is -0.568. The van der Waals surface area contributed by atoms with E-state index in [0.717, 1.165) is 6.07 Å². The van der Waals surface area contributed by atoms with Gasteiger partial charge in [-0.3, -0.25) is 0 Å². The van der Waals surface area contributed by atoms with Crippen molar-refractivity contribution in [2.24, 2.45) is 5.14 Å². The zero-order valence-electron chi connectivity index (χ0n) is 11.0. The van der Waals surface area contributed by atoms with Crippen LogP contribution in [0.5, 0.6) is 0 Å². The number of anilines is 3. The molecule has 0 aromatic heterocycles. The van der Waals surface area contributed by atoms with E-state index in [2.05, 4.69) is 5.32 Å². The van der Waals surface area contributed by atoms with E-state index in [9.17, 15) is 12.8 Å². The van der Waals surface area contributed by atoms with Gasteiger partial charge in [-0.1, -0.05) is 11.6 Å². The molecule has 0 amide bonds. The molecular formula is C13H13ClFN3O2S. The van der Waals surface area contributed by atoms with E-state index >= 15 is 0 Å². The van der Waals surface area contributed by atoms with Gasteiger partial charge in [0, 0.05) is 16.4 Å². The largest absolute Gasteiger partial charge is 0.399 e. The highest BCUT2D eigenvalue weighted by molar-refractivity contribution is 7.89. The van der Waals surface area contributed by atoms with Gasteiger partial charge >= 0.3 is 0 Å². The van der Waals surface area contributed by atoms with E-state index in [4.69, 9.17) is 22.5 Å². The van der Waals surface area contributed by atoms with Crippen LogP contribution in [0.3, 0.4) is 0 Å². The topological polar surface area (TPSA) is 98.2 Å². The van der Waals surface area contributed by atoms with Crippen molar-refractivity contribution in [2.45, 2.75) is 11.8 Å². The number of hydrogen-bond donors (Lipinski definition) is 3. The van der Waals surface area contributed by atoms with E-state index in [1.807, 2.05) is 0 Å². The van der Waals surface area contributed by atoms with Crippen molar-refractivity contribution in [1.82, 2.24) is 0 Å². The van der Waals surface area contributed by atoms with Gasteiger partial charge in [0.05, 0.1) is 10.6 Å². The molecule has 21 heavy (non-hydrogen) atoms. The minimum Gasteiger partial charge on any atom is -0.399 e. The first-order valence-electron chi connectivity index (χ1n) is 5.83. The predicted molar refractivity (Wildman–Crippen MR) is 81.7 cm³/mol. The quantitative estimate of drug-likeness (QED) is 0.754. The first-order valence-corrected chi connectivity index (χ1v) is 7.76. The third-order valence-corrected chi connectivity index (χ3v) is 4.16. The maximum absolute atomic E-state index is 13.8. The summed E-state index contributed by atoms with van der Waals surface area (Å²) in [6.07, 6.45) is 0. The van der Waals surface area contributed by atoms with Crippen molar-refractivity contribution in [3.8, 4) is 0 Å². The summed E-state index contributed by atoms with van der Waals surface area (Å²) in [7, 11) is -3.92. The third kappa shape index (κ3) is 3.44. The van der Waals surface area contributed by atoms with Gasteiger partial charge in [0.2, 0.25) is 10.0 Å². The Morgan fingerprint density at radius 3 is 2.43 bits per heavy atom. The summed E-state index contributed by atoms with van der Waals surface area (Å²) < 4.78 is 36.8. The van der Waals surface area contributed by atoms with E-state index < -0.39 is 15.8 Å². The number of hydrogen-bond acceptors (Lipinski definition) is 4. The molecule has 0 radical (unpaired) electrons. The maximum Gasteiger partial charge on any atom is 0.238 e. The standard InChI is InChI=1S/C13H13ClFN3O2S/c1-7-12(5-9(16)6-13(7)21(17,19)20)18-11-3-2-8(14)4-10(11)15/h2-6,18H,16H2,1H3,(H2,17,19,20). The molecule has 0 aliphatic rings. The lowest BCUT2D eigenvalue weighted by Crippen LogP contribution is -2.15. The van der Waals surface area contributed by atoms with E-state index in [-0.39, 0.29) is 21.3 Å². The molecule has 112 valence electrons. The smallest absolute Gasteiger partial charge is 0.238 e. The Bertz CT molecular complexity index is 809. The van der Waals surface area contributed by atoms with Gasteiger partial charge in [-0.05, 0) is 42.8 Å². The Hall–Kier alpha value is -1.83.